The molecule has 3 nitrogen and oxygen atoms in total. The van der Waals surface area contributed by atoms with E-state index in [1.807, 2.05) is 37.4 Å². The number of hydrogen-bond acceptors (Lipinski definition) is 3. The van der Waals surface area contributed by atoms with Crippen LogP contribution in [0.4, 0.5) is 0 Å². The number of nitrogens with one attached hydrogen (secondary N) is 1. The van der Waals surface area contributed by atoms with Gasteiger partial charge in [-0.25, -0.2) is 0 Å². The van der Waals surface area contributed by atoms with Crippen molar-refractivity contribution in [3.63, 3.8) is 0 Å². The van der Waals surface area contributed by atoms with Crippen LogP contribution in [-0.2, 0) is 0 Å². The summed E-state index contributed by atoms with van der Waals surface area (Å²) in [4.78, 5) is 4.04. The summed E-state index contributed by atoms with van der Waals surface area (Å²) in [6.45, 7) is 0. The lowest BCUT2D eigenvalue weighted by Crippen LogP contribution is -2.18. The minimum atomic E-state index is 0.120. The Morgan fingerprint density at radius 3 is 2.47 bits per heavy atom. The molecule has 1 heterocycles. The van der Waals surface area contributed by atoms with E-state index in [2.05, 4.69) is 16.4 Å². The average molecular weight is 228 g/mol. The highest BCUT2D eigenvalue weighted by Gasteiger charge is 2.15. The van der Waals surface area contributed by atoms with Crippen LogP contribution in [0, 0.1) is 0 Å². The van der Waals surface area contributed by atoms with Crippen LogP contribution in [0.15, 0.2) is 48.8 Å². The quantitative estimate of drug-likeness (QED) is 0.872. The van der Waals surface area contributed by atoms with Crippen molar-refractivity contribution < 1.29 is 4.74 Å². The molecule has 1 unspecified atom stereocenters. The topological polar surface area (TPSA) is 34.2 Å². The van der Waals surface area contributed by atoms with Crippen LogP contribution in [0.2, 0.25) is 0 Å². The standard InChI is InChI=1S/C14H16N2O/c1-15-14(11-7-9-16-10-8-11)12-5-3-4-6-13(12)17-2/h3-10,14-15H,1-2H3. The van der Waals surface area contributed by atoms with Gasteiger partial charge in [-0.15, -0.1) is 0 Å². The zero-order valence-corrected chi connectivity index (χ0v) is 10.1. The summed E-state index contributed by atoms with van der Waals surface area (Å²) < 4.78 is 5.39. The molecular formula is C14H16N2O. The maximum atomic E-state index is 5.39. The molecule has 0 aliphatic carbocycles. The summed E-state index contributed by atoms with van der Waals surface area (Å²) in [7, 11) is 3.63. The van der Waals surface area contributed by atoms with Crippen LogP contribution in [0.3, 0.4) is 0 Å². The van der Waals surface area contributed by atoms with Crippen LogP contribution < -0.4 is 10.1 Å². The third kappa shape index (κ3) is 2.45. The third-order valence-corrected chi connectivity index (χ3v) is 2.78. The van der Waals surface area contributed by atoms with E-state index < -0.39 is 0 Å². The van der Waals surface area contributed by atoms with Crippen LogP contribution >= 0.6 is 0 Å². The number of pyridine rings is 1. The summed E-state index contributed by atoms with van der Waals surface area (Å²) in [6.07, 6.45) is 3.60. The van der Waals surface area contributed by atoms with Gasteiger partial charge in [-0.2, -0.15) is 0 Å². The number of ether oxygens (including phenoxy) is 1. The summed E-state index contributed by atoms with van der Waals surface area (Å²) in [5.41, 5.74) is 2.30. The first-order chi connectivity index (χ1) is 8.36. The van der Waals surface area contributed by atoms with Crippen LogP contribution in [0.25, 0.3) is 0 Å². The molecular weight excluding hydrogens is 212 g/mol. The van der Waals surface area contributed by atoms with Crippen molar-refractivity contribution in [1.82, 2.24) is 10.3 Å². The predicted octanol–water partition coefficient (Wildman–Crippen LogP) is 2.40. The van der Waals surface area contributed by atoms with Gasteiger partial charge in [-0.3, -0.25) is 4.98 Å². The van der Waals surface area contributed by atoms with Gasteiger partial charge in [-0.1, -0.05) is 18.2 Å². The van der Waals surface area contributed by atoms with Gasteiger partial charge in [0.1, 0.15) is 5.75 Å². The Balaban J connectivity index is 2.42. The monoisotopic (exact) mass is 228 g/mol. The fraction of sp³-hybridized carbons (Fsp3) is 0.214. The third-order valence-electron chi connectivity index (χ3n) is 2.78. The van der Waals surface area contributed by atoms with Crippen molar-refractivity contribution in [2.75, 3.05) is 14.2 Å². The second kappa shape index (κ2) is 5.46. The Morgan fingerprint density at radius 2 is 1.82 bits per heavy atom. The number of hydrogen-bond donors (Lipinski definition) is 1. The Bertz CT molecular complexity index is 471. The van der Waals surface area contributed by atoms with E-state index in [0.717, 1.165) is 11.3 Å². The molecule has 0 aliphatic rings. The number of aromatic nitrogens is 1. The first-order valence-corrected chi connectivity index (χ1v) is 5.57. The molecule has 0 spiro atoms. The van der Waals surface area contributed by atoms with Gasteiger partial charge in [0.25, 0.3) is 0 Å². The summed E-state index contributed by atoms with van der Waals surface area (Å²) in [5.74, 6) is 0.892. The zero-order valence-electron chi connectivity index (χ0n) is 10.1. The number of rotatable bonds is 4. The number of benzene rings is 1. The van der Waals surface area contributed by atoms with E-state index in [0.29, 0.717) is 0 Å². The molecule has 0 bridgehead atoms. The Hall–Kier alpha value is -1.87. The van der Waals surface area contributed by atoms with E-state index >= 15 is 0 Å². The van der Waals surface area contributed by atoms with Crippen LogP contribution in [-0.4, -0.2) is 19.1 Å². The van der Waals surface area contributed by atoms with Crippen molar-refractivity contribution in [1.29, 1.82) is 0 Å². The molecule has 1 aromatic carbocycles. The predicted molar refractivity (Wildman–Crippen MR) is 68.1 cm³/mol. The molecule has 0 aliphatic heterocycles. The van der Waals surface area contributed by atoms with E-state index in [1.54, 1.807) is 19.5 Å². The van der Waals surface area contributed by atoms with Gasteiger partial charge in [0.2, 0.25) is 0 Å². The van der Waals surface area contributed by atoms with Crippen LogP contribution in [0.5, 0.6) is 5.75 Å². The number of para-hydroxylation sites is 1. The van der Waals surface area contributed by atoms with Crippen LogP contribution in [0.1, 0.15) is 17.2 Å². The van der Waals surface area contributed by atoms with Gasteiger partial charge < -0.3 is 10.1 Å². The normalized spacial score (nSPS) is 12.1. The molecule has 0 amide bonds. The van der Waals surface area contributed by atoms with Gasteiger partial charge in [-0.05, 0) is 30.8 Å². The molecule has 2 rings (SSSR count). The lowest BCUT2D eigenvalue weighted by atomic mass is 9.99. The number of methoxy groups -OCH3 is 1. The fourth-order valence-corrected chi connectivity index (χ4v) is 1.96. The minimum Gasteiger partial charge on any atom is -0.496 e. The lowest BCUT2D eigenvalue weighted by Gasteiger charge is -2.19. The molecule has 1 aromatic heterocycles. The van der Waals surface area contributed by atoms with E-state index in [9.17, 15) is 0 Å². The second-order valence-corrected chi connectivity index (χ2v) is 3.74. The Morgan fingerprint density at radius 1 is 1.12 bits per heavy atom. The van der Waals surface area contributed by atoms with E-state index in [-0.39, 0.29) is 6.04 Å². The van der Waals surface area contributed by atoms with Crippen molar-refractivity contribution >= 4 is 0 Å². The molecule has 17 heavy (non-hydrogen) atoms. The molecule has 1 N–H and O–H groups in total. The minimum absolute atomic E-state index is 0.120. The molecule has 0 fully saturated rings. The zero-order chi connectivity index (χ0) is 12.1. The molecule has 3 heteroatoms. The lowest BCUT2D eigenvalue weighted by molar-refractivity contribution is 0.405. The molecule has 0 saturated carbocycles. The second-order valence-electron chi connectivity index (χ2n) is 3.74. The first-order valence-electron chi connectivity index (χ1n) is 5.57. The maximum absolute atomic E-state index is 5.39. The highest BCUT2D eigenvalue weighted by Crippen LogP contribution is 2.28. The Labute approximate surface area is 101 Å². The molecule has 1 atom stereocenters. The average Bonchev–Trinajstić information content (AvgIpc) is 2.41. The van der Waals surface area contributed by atoms with Crippen molar-refractivity contribution in [2.45, 2.75) is 6.04 Å². The smallest absolute Gasteiger partial charge is 0.123 e. The molecule has 0 radical (unpaired) electrons. The van der Waals surface area contributed by atoms with Gasteiger partial charge in [0, 0.05) is 18.0 Å². The van der Waals surface area contributed by atoms with E-state index in [1.165, 1.54) is 5.56 Å². The molecule has 88 valence electrons. The van der Waals surface area contributed by atoms with Gasteiger partial charge in [0.15, 0.2) is 0 Å². The largest absolute Gasteiger partial charge is 0.496 e. The molecule has 0 saturated heterocycles. The Kier molecular flexibility index (Phi) is 3.73. The van der Waals surface area contributed by atoms with Gasteiger partial charge in [0.05, 0.1) is 13.2 Å². The van der Waals surface area contributed by atoms with Crippen molar-refractivity contribution in [2.24, 2.45) is 0 Å². The summed E-state index contributed by atoms with van der Waals surface area (Å²) >= 11 is 0. The molecule has 2 aromatic rings. The SMILES string of the molecule is CNC(c1ccncc1)c1ccccc1OC. The highest BCUT2D eigenvalue weighted by atomic mass is 16.5. The summed E-state index contributed by atoms with van der Waals surface area (Å²) in [6, 6.07) is 12.2. The highest BCUT2D eigenvalue weighted by molar-refractivity contribution is 5.41. The van der Waals surface area contributed by atoms with Crippen molar-refractivity contribution in [3.05, 3.63) is 59.9 Å². The van der Waals surface area contributed by atoms with Gasteiger partial charge >= 0.3 is 0 Å². The van der Waals surface area contributed by atoms with Crippen molar-refractivity contribution in [3.8, 4) is 5.75 Å². The summed E-state index contributed by atoms with van der Waals surface area (Å²) in [5, 5.41) is 3.30. The fourth-order valence-electron chi connectivity index (χ4n) is 1.96. The number of nitrogens with zero attached hydrogens (tertiary/aromatic N) is 1. The maximum Gasteiger partial charge on any atom is 0.123 e. The van der Waals surface area contributed by atoms with E-state index in [4.69, 9.17) is 4.74 Å². The first kappa shape index (κ1) is 11.6.